The van der Waals surface area contributed by atoms with Gasteiger partial charge in [-0.15, -0.1) is 0 Å². The minimum atomic E-state index is -3.81. The Morgan fingerprint density at radius 3 is 2.68 bits per heavy atom. The van der Waals surface area contributed by atoms with Gasteiger partial charge in [-0.3, -0.25) is 4.79 Å². The molecule has 0 bridgehead atoms. The van der Waals surface area contributed by atoms with Gasteiger partial charge in [0.15, 0.2) is 9.84 Å². The van der Waals surface area contributed by atoms with Crippen LogP contribution in [0.2, 0.25) is 5.02 Å². The minimum absolute atomic E-state index is 0.0223. The third kappa shape index (κ3) is 4.35. The molecule has 0 radical (unpaired) electrons. The van der Waals surface area contributed by atoms with E-state index in [9.17, 15) is 13.2 Å². The standard InChI is InChI=1S/C22H19ClN2O5S/c1-29-19-8-7-16(23)12-20(19)31(27,28)14-15-11-18-21(24-13-15)30-10-9-25(22(18)26)17-5-3-2-4-6-17/h2-8,11-13H,9-10,14H2,1H3. The molecule has 31 heavy (non-hydrogen) atoms. The van der Waals surface area contributed by atoms with Crippen molar-refractivity contribution in [3.8, 4) is 11.6 Å². The van der Waals surface area contributed by atoms with Crippen molar-refractivity contribution >= 4 is 33.0 Å². The van der Waals surface area contributed by atoms with Crippen LogP contribution in [0.3, 0.4) is 0 Å². The lowest BCUT2D eigenvalue weighted by molar-refractivity contribution is 0.0989. The lowest BCUT2D eigenvalue weighted by Gasteiger charge is -2.19. The Balaban J connectivity index is 1.69. The van der Waals surface area contributed by atoms with Gasteiger partial charge in [0.05, 0.1) is 19.4 Å². The van der Waals surface area contributed by atoms with Crippen LogP contribution in [-0.4, -0.2) is 39.6 Å². The molecule has 1 aliphatic heterocycles. The number of halogens is 1. The molecule has 4 rings (SSSR count). The quantitative estimate of drug-likeness (QED) is 0.578. The van der Waals surface area contributed by atoms with Crippen molar-refractivity contribution in [3.05, 3.63) is 76.9 Å². The van der Waals surface area contributed by atoms with Gasteiger partial charge >= 0.3 is 0 Å². The summed E-state index contributed by atoms with van der Waals surface area (Å²) in [6.45, 7) is 0.630. The fraction of sp³-hybridized carbons (Fsp3) is 0.182. The molecule has 0 aliphatic carbocycles. The third-order valence-electron chi connectivity index (χ3n) is 4.82. The molecule has 9 heteroatoms. The smallest absolute Gasteiger partial charge is 0.263 e. The zero-order valence-electron chi connectivity index (χ0n) is 16.6. The van der Waals surface area contributed by atoms with Gasteiger partial charge in [-0.2, -0.15) is 0 Å². The molecule has 2 aromatic carbocycles. The Bertz CT molecular complexity index is 1230. The number of para-hydroxylation sites is 1. The molecular formula is C22H19ClN2O5S. The molecule has 0 fully saturated rings. The number of fused-ring (bicyclic) bond motifs is 1. The molecular weight excluding hydrogens is 440 g/mol. The molecule has 7 nitrogen and oxygen atoms in total. The number of carbonyl (C=O) groups is 1. The van der Waals surface area contributed by atoms with E-state index in [0.29, 0.717) is 12.1 Å². The number of nitrogens with zero attached hydrogens (tertiary/aromatic N) is 2. The highest BCUT2D eigenvalue weighted by atomic mass is 35.5. The fourth-order valence-corrected chi connectivity index (χ4v) is 5.12. The summed E-state index contributed by atoms with van der Waals surface area (Å²) in [5.74, 6) is -0.291. The average molecular weight is 459 g/mol. The van der Waals surface area contributed by atoms with Crippen LogP contribution in [0.4, 0.5) is 5.69 Å². The number of aromatic nitrogens is 1. The zero-order valence-corrected chi connectivity index (χ0v) is 18.2. The molecule has 1 aliphatic rings. The molecule has 3 aromatic rings. The Kier molecular flexibility index (Phi) is 5.84. The molecule has 160 valence electrons. The molecule has 2 heterocycles. The van der Waals surface area contributed by atoms with Crippen LogP contribution in [0.5, 0.6) is 11.6 Å². The van der Waals surface area contributed by atoms with Crippen molar-refractivity contribution < 1.29 is 22.7 Å². The molecule has 0 atom stereocenters. The van der Waals surface area contributed by atoms with E-state index in [2.05, 4.69) is 4.98 Å². The molecule has 0 saturated heterocycles. The predicted octanol–water partition coefficient (Wildman–Crippen LogP) is 3.76. The normalized spacial score (nSPS) is 13.9. The molecule has 0 spiro atoms. The molecule has 1 amide bonds. The number of anilines is 1. The first-order valence-corrected chi connectivity index (χ1v) is 11.5. The highest BCUT2D eigenvalue weighted by Gasteiger charge is 2.28. The van der Waals surface area contributed by atoms with Crippen LogP contribution in [0.15, 0.2) is 65.7 Å². The Morgan fingerprint density at radius 2 is 1.94 bits per heavy atom. The van der Waals surface area contributed by atoms with Gasteiger partial charge in [-0.25, -0.2) is 13.4 Å². The molecule has 0 N–H and O–H groups in total. The van der Waals surface area contributed by atoms with Crippen molar-refractivity contribution in [2.45, 2.75) is 10.6 Å². The number of sulfone groups is 1. The zero-order chi connectivity index (χ0) is 22.0. The van der Waals surface area contributed by atoms with Crippen molar-refractivity contribution in [3.63, 3.8) is 0 Å². The summed E-state index contributed by atoms with van der Waals surface area (Å²) >= 11 is 5.99. The van der Waals surface area contributed by atoms with Crippen LogP contribution in [0.25, 0.3) is 0 Å². The summed E-state index contributed by atoms with van der Waals surface area (Å²) in [5, 5.41) is 0.279. The largest absolute Gasteiger partial charge is 0.495 e. The van der Waals surface area contributed by atoms with Gasteiger partial charge in [0.1, 0.15) is 22.8 Å². The van der Waals surface area contributed by atoms with E-state index >= 15 is 0 Å². The minimum Gasteiger partial charge on any atom is -0.495 e. The van der Waals surface area contributed by atoms with Crippen LogP contribution < -0.4 is 14.4 Å². The lowest BCUT2D eigenvalue weighted by atomic mass is 10.1. The van der Waals surface area contributed by atoms with Gasteiger partial charge in [0, 0.05) is 16.9 Å². The molecule has 0 saturated carbocycles. The van der Waals surface area contributed by atoms with E-state index in [1.54, 1.807) is 11.0 Å². The van der Waals surface area contributed by atoms with Gasteiger partial charge < -0.3 is 14.4 Å². The van der Waals surface area contributed by atoms with E-state index in [0.717, 1.165) is 5.69 Å². The van der Waals surface area contributed by atoms with Gasteiger partial charge in [0.25, 0.3) is 5.91 Å². The second-order valence-corrected chi connectivity index (χ2v) is 9.29. The molecule has 0 unspecified atom stereocenters. The SMILES string of the molecule is COc1ccc(Cl)cc1S(=O)(=O)Cc1cnc2c(c1)C(=O)N(c1ccccc1)CCO2. The van der Waals surface area contributed by atoms with Crippen LogP contribution in [0.1, 0.15) is 15.9 Å². The van der Waals surface area contributed by atoms with E-state index in [1.807, 2.05) is 30.3 Å². The summed E-state index contributed by atoms with van der Waals surface area (Å²) in [7, 11) is -2.42. The van der Waals surface area contributed by atoms with Crippen molar-refractivity contribution in [1.29, 1.82) is 0 Å². The number of hydrogen-bond donors (Lipinski definition) is 0. The number of ether oxygens (including phenoxy) is 2. The lowest BCUT2D eigenvalue weighted by Crippen LogP contribution is -2.32. The first kappa shape index (κ1) is 21.1. The predicted molar refractivity (Wildman–Crippen MR) is 117 cm³/mol. The van der Waals surface area contributed by atoms with Gasteiger partial charge in [0.2, 0.25) is 5.88 Å². The fourth-order valence-electron chi connectivity index (χ4n) is 3.37. The summed E-state index contributed by atoms with van der Waals surface area (Å²) < 4.78 is 36.9. The summed E-state index contributed by atoms with van der Waals surface area (Å²) in [6.07, 6.45) is 1.40. The van der Waals surface area contributed by atoms with Crippen LogP contribution in [-0.2, 0) is 15.6 Å². The second-order valence-electron chi connectivity index (χ2n) is 6.89. The van der Waals surface area contributed by atoms with Crippen molar-refractivity contribution in [2.24, 2.45) is 0 Å². The first-order valence-electron chi connectivity index (χ1n) is 9.44. The average Bonchev–Trinajstić information content (AvgIpc) is 2.93. The maximum atomic E-state index is 13.2. The highest BCUT2D eigenvalue weighted by molar-refractivity contribution is 7.90. The Morgan fingerprint density at radius 1 is 1.16 bits per heavy atom. The summed E-state index contributed by atoms with van der Waals surface area (Å²) in [4.78, 5) is 19.0. The Hall–Kier alpha value is -3.10. The maximum Gasteiger partial charge on any atom is 0.263 e. The van der Waals surface area contributed by atoms with Crippen LogP contribution in [0, 0.1) is 0 Å². The van der Waals surface area contributed by atoms with Gasteiger partial charge in [-0.1, -0.05) is 29.8 Å². The number of rotatable bonds is 5. The van der Waals surface area contributed by atoms with Crippen LogP contribution >= 0.6 is 11.6 Å². The number of carbonyl (C=O) groups excluding carboxylic acids is 1. The van der Waals surface area contributed by atoms with E-state index < -0.39 is 9.84 Å². The van der Waals surface area contributed by atoms with Crippen molar-refractivity contribution in [2.75, 3.05) is 25.2 Å². The van der Waals surface area contributed by atoms with E-state index in [4.69, 9.17) is 21.1 Å². The van der Waals surface area contributed by atoms with E-state index in [1.165, 1.54) is 31.5 Å². The van der Waals surface area contributed by atoms with Gasteiger partial charge in [-0.05, 0) is 42.0 Å². The highest BCUT2D eigenvalue weighted by Crippen LogP contribution is 2.31. The number of pyridine rings is 1. The second kappa shape index (κ2) is 8.56. The summed E-state index contributed by atoms with van der Waals surface area (Å²) in [5.41, 5.74) is 1.30. The number of hydrogen-bond acceptors (Lipinski definition) is 6. The third-order valence-corrected chi connectivity index (χ3v) is 6.76. The van der Waals surface area contributed by atoms with E-state index in [-0.39, 0.29) is 45.4 Å². The first-order chi connectivity index (χ1) is 14.9. The monoisotopic (exact) mass is 458 g/mol. The maximum absolute atomic E-state index is 13.2. The number of methoxy groups -OCH3 is 1. The number of benzene rings is 2. The Labute approximate surface area is 185 Å². The summed E-state index contributed by atoms with van der Waals surface area (Å²) in [6, 6.07) is 15.1. The topological polar surface area (TPSA) is 85.8 Å². The van der Waals surface area contributed by atoms with Crippen molar-refractivity contribution in [1.82, 2.24) is 4.98 Å². The number of amides is 1. The molecule has 1 aromatic heterocycles.